The Morgan fingerprint density at radius 2 is 1.94 bits per heavy atom. The van der Waals surface area contributed by atoms with E-state index in [1.165, 1.54) is 7.11 Å². The van der Waals surface area contributed by atoms with Crippen LogP contribution in [-0.2, 0) is 19.1 Å². The van der Waals surface area contributed by atoms with Crippen molar-refractivity contribution in [3.8, 4) is 0 Å². The maximum atomic E-state index is 11.9. The van der Waals surface area contributed by atoms with Gasteiger partial charge in [-0.25, -0.2) is 0 Å². The van der Waals surface area contributed by atoms with Crippen molar-refractivity contribution in [3.63, 3.8) is 0 Å². The molecular formula is C14H18O4. The molecule has 0 amide bonds. The Morgan fingerprint density at radius 1 is 1.39 bits per heavy atom. The van der Waals surface area contributed by atoms with Crippen LogP contribution in [0.5, 0.6) is 0 Å². The molecule has 0 aromatic carbocycles. The van der Waals surface area contributed by atoms with E-state index in [1.807, 2.05) is 12.2 Å². The molecule has 3 atom stereocenters. The number of hydrogen-bond acceptors (Lipinski definition) is 4. The van der Waals surface area contributed by atoms with Gasteiger partial charge in [0.25, 0.3) is 0 Å². The molecule has 1 spiro atoms. The molecular weight excluding hydrogens is 232 g/mol. The molecule has 1 heterocycles. The summed E-state index contributed by atoms with van der Waals surface area (Å²) < 4.78 is 10.2. The van der Waals surface area contributed by atoms with Crippen LogP contribution < -0.4 is 0 Å². The van der Waals surface area contributed by atoms with Crippen molar-refractivity contribution in [1.82, 2.24) is 0 Å². The topological polar surface area (TPSA) is 52.6 Å². The number of carbonyl (C=O) groups excluding carboxylic acids is 2. The van der Waals surface area contributed by atoms with Crippen molar-refractivity contribution in [2.75, 3.05) is 7.11 Å². The van der Waals surface area contributed by atoms with Crippen LogP contribution in [-0.4, -0.2) is 24.6 Å². The van der Waals surface area contributed by atoms with Gasteiger partial charge in [-0.2, -0.15) is 0 Å². The molecule has 0 bridgehead atoms. The van der Waals surface area contributed by atoms with Crippen LogP contribution in [0.2, 0.25) is 0 Å². The largest absolute Gasteiger partial charge is 0.468 e. The smallest absolute Gasteiger partial charge is 0.321 e. The Kier molecular flexibility index (Phi) is 3.28. The normalized spacial score (nSPS) is 33.2. The van der Waals surface area contributed by atoms with Crippen molar-refractivity contribution in [2.45, 2.75) is 24.9 Å². The van der Waals surface area contributed by atoms with Gasteiger partial charge in [0.15, 0.2) is 5.92 Å². The highest BCUT2D eigenvalue weighted by Gasteiger charge is 2.59. The molecule has 0 N–H and O–H groups in total. The highest BCUT2D eigenvalue weighted by molar-refractivity contribution is 5.96. The molecule has 1 aliphatic carbocycles. The summed E-state index contributed by atoms with van der Waals surface area (Å²) in [5, 5.41) is 0. The lowest BCUT2D eigenvalue weighted by Crippen LogP contribution is -2.38. The summed E-state index contributed by atoms with van der Waals surface area (Å²) in [6, 6.07) is 0. The molecule has 18 heavy (non-hydrogen) atoms. The Balaban J connectivity index is 2.31. The second-order valence-corrected chi connectivity index (χ2v) is 4.92. The zero-order valence-electron chi connectivity index (χ0n) is 10.6. The predicted octanol–water partition coefficient (Wildman–Crippen LogP) is 1.86. The highest BCUT2D eigenvalue weighted by atomic mass is 16.6. The van der Waals surface area contributed by atoms with Gasteiger partial charge >= 0.3 is 11.9 Å². The van der Waals surface area contributed by atoms with Gasteiger partial charge in [-0.05, 0) is 12.8 Å². The first-order valence-corrected chi connectivity index (χ1v) is 6.15. The molecule has 1 saturated heterocycles. The summed E-state index contributed by atoms with van der Waals surface area (Å²) in [6.07, 6.45) is 5.81. The molecule has 0 aromatic rings. The number of esters is 2. The summed E-state index contributed by atoms with van der Waals surface area (Å²) in [4.78, 5) is 23.4. The molecule has 2 rings (SSSR count). The van der Waals surface area contributed by atoms with Gasteiger partial charge in [-0.3, -0.25) is 9.59 Å². The standard InChI is InChI=1S/C14H18O4/c1-4-9-6-7-10(5-2)14(9)8-11(12(15)17-3)13(16)18-14/h4-5,9-11H,1-2,6-8H2,3H3/t9-,10-,11-/m1/s1. The summed E-state index contributed by atoms with van der Waals surface area (Å²) in [5.41, 5.74) is -0.639. The minimum Gasteiger partial charge on any atom is -0.468 e. The number of methoxy groups -OCH3 is 1. The van der Waals surface area contributed by atoms with Gasteiger partial charge in [-0.15, -0.1) is 13.2 Å². The number of rotatable bonds is 3. The second kappa shape index (κ2) is 4.59. The van der Waals surface area contributed by atoms with Crippen molar-refractivity contribution >= 4 is 11.9 Å². The molecule has 2 fully saturated rings. The highest BCUT2D eigenvalue weighted by Crippen LogP contribution is 2.52. The van der Waals surface area contributed by atoms with E-state index in [-0.39, 0.29) is 11.8 Å². The van der Waals surface area contributed by atoms with E-state index >= 15 is 0 Å². The number of ether oxygens (including phenoxy) is 2. The molecule has 1 aliphatic heterocycles. The molecule has 2 aliphatic rings. The van der Waals surface area contributed by atoms with Crippen LogP contribution in [0.3, 0.4) is 0 Å². The Bertz CT molecular complexity index is 383. The van der Waals surface area contributed by atoms with Crippen LogP contribution in [0.1, 0.15) is 19.3 Å². The third-order valence-electron chi connectivity index (χ3n) is 4.20. The van der Waals surface area contributed by atoms with Crippen molar-refractivity contribution in [1.29, 1.82) is 0 Å². The van der Waals surface area contributed by atoms with E-state index in [4.69, 9.17) is 4.74 Å². The minimum atomic E-state index is -0.807. The predicted molar refractivity (Wildman–Crippen MR) is 65.6 cm³/mol. The fourth-order valence-corrected chi connectivity index (χ4v) is 3.24. The van der Waals surface area contributed by atoms with Crippen LogP contribution >= 0.6 is 0 Å². The minimum absolute atomic E-state index is 0.0825. The molecule has 0 radical (unpaired) electrons. The quantitative estimate of drug-likeness (QED) is 0.436. The van der Waals surface area contributed by atoms with E-state index in [2.05, 4.69) is 17.9 Å². The van der Waals surface area contributed by atoms with Gasteiger partial charge < -0.3 is 9.47 Å². The van der Waals surface area contributed by atoms with Crippen molar-refractivity contribution in [2.24, 2.45) is 17.8 Å². The van der Waals surface area contributed by atoms with E-state index < -0.39 is 23.5 Å². The van der Waals surface area contributed by atoms with E-state index in [1.54, 1.807) is 0 Å². The van der Waals surface area contributed by atoms with Crippen LogP contribution in [0.25, 0.3) is 0 Å². The molecule has 0 unspecified atom stereocenters. The lowest BCUT2D eigenvalue weighted by molar-refractivity contribution is -0.159. The fraction of sp³-hybridized carbons (Fsp3) is 0.571. The Morgan fingerprint density at radius 3 is 2.39 bits per heavy atom. The lowest BCUT2D eigenvalue weighted by Gasteiger charge is -2.32. The summed E-state index contributed by atoms with van der Waals surface area (Å²) >= 11 is 0. The van der Waals surface area contributed by atoms with E-state index in [9.17, 15) is 9.59 Å². The van der Waals surface area contributed by atoms with Crippen molar-refractivity contribution in [3.05, 3.63) is 25.3 Å². The average molecular weight is 250 g/mol. The molecule has 4 heteroatoms. The van der Waals surface area contributed by atoms with Gasteiger partial charge in [0.2, 0.25) is 0 Å². The molecule has 98 valence electrons. The zero-order chi connectivity index (χ0) is 13.3. The Labute approximate surface area is 107 Å². The number of carbonyl (C=O) groups is 2. The molecule has 4 nitrogen and oxygen atoms in total. The number of hydrogen-bond donors (Lipinski definition) is 0. The first-order valence-electron chi connectivity index (χ1n) is 6.15. The summed E-state index contributed by atoms with van der Waals surface area (Å²) in [5.74, 6) is -1.65. The van der Waals surface area contributed by atoms with Gasteiger partial charge in [-0.1, -0.05) is 12.2 Å². The maximum Gasteiger partial charge on any atom is 0.321 e. The third-order valence-corrected chi connectivity index (χ3v) is 4.20. The third kappa shape index (κ3) is 1.67. The Hall–Kier alpha value is -1.58. The van der Waals surface area contributed by atoms with E-state index in [0.717, 1.165) is 12.8 Å². The fourth-order valence-electron chi connectivity index (χ4n) is 3.24. The SMILES string of the molecule is C=C[C@@H]1CC[C@@H](C=C)C12C[C@H](C(=O)OC)C(=O)O2. The van der Waals surface area contributed by atoms with Crippen LogP contribution in [0.15, 0.2) is 25.3 Å². The van der Waals surface area contributed by atoms with Crippen LogP contribution in [0, 0.1) is 17.8 Å². The molecule has 0 aromatic heterocycles. The summed E-state index contributed by atoms with van der Waals surface area (Å²) in [7, 11) is 1.28. The maximum absolute atomic E-state index is 11.9. The first kappa shape index (κ1) is 12.9. The van der Waals surface area contributed by atoms with Gasteiger partial charge in [0.05, 0.1) is 7.11 Å². The zero-order valence-corrected chi connectivity index (χ0v) is 10.6. The summed E-state index contributed by atoms with van der Waals surface area (Å²) in [6.45, 7) is 7.61. The van der Waals surface area contributed by atoms with Crippen LogP contribution in [0.4, 0.5) is 0 Å². The van der Waals surface area contributed by atoms with Gasteiger partial charge in [0.1, 0.15) is 5.60 Å². The monoisotopic (exact) mass is 250 g/mol. The second-order valence-electron chi connectivity index (χ2n) is 4.92. The van der Waals surface area contributed by atoms with E-state index in [0.29, 0.717) is 6.42 Å². The van der Waals surface area contributed by atoms with Gasteiger partial charge in [0, 0.05) is 18.3 Å². The molecule has 1 saturated carbocycles. The van der Waals surface area contributed by atoms with Crippen molar-refractivity contribution < 1.29 is 19.1 Å². The first-order chi connectivity index (χ1) is 8.58. The lowest BCUT2D eigenvalue weighted by atomic mass is 9.79. The average Bonchev–Trinajstić information content (AvgIpc) is 2.89.